The van der Waals surface area contributed by atoms with Crippen LogP contribution in [-0.2, 0) is 4.79 Å². The zero-order valence-corrected chi connectivity index (χ0v) is 9.48. The minimum Gasteiger partial charge on any atom is -0.299 e. The van der Waals surface area contributed by atoms with Crippen molar-refractivity contribution in [3.05, 3.63) is 0 Å². The summed E-state index contributed by atoms with van der Waals surface area (Å²) < 4.78 is 0. The van der Waals surface area contributed by atoms with E-state index in [2.05, 4.69) is 13.8 Å². The SMILES string of the molecule is CC(C)C(=O)C(C)C.CCCC. The lowest BCUT2D eigenvalue weighted by atomic mass is 9.99. The lowest BCUT2D eigenvalue weighted by molar-refractivity contribution is -0.124. The summed E-state index contributed by atoms with van der Waals surface area (Å²) in [5, 5.41) is 0. The van der Waals surface area contributed by atoms with Crippen LogP contribution in [0, 0.1) is 11.8 Å². The molecule has 0 aliphatic heterocycles. The third-order valence-electron chi connectivity index (χ3n) is 1.64. The van der Waals surface area contributed by atoms with Crippen molar-refractivity contribution < 1.29 is 4.79 Å². The van der Waals surface area contributed by atoms with Crippen molar-refractivity contribution in [1.29, 1.82) is 0 Å². The molecule has 0 N–H and O–H groups in total. The standard InChI is InChI=1S/C7H14O.C4H10/c1-5(2)7(8)6(3)4;1-3-4-2/h5-6H,1-4H3;3-4H2,1-2H3. The van der Waals surface area contributed by atoms with Gasteiger partial charge in [-0.3, -0.25) is 4.79 Å². The van der Waals surface area contributed by atoms with E-state index in [0.29, 0.717) is 5.78 Å². The highest BCUT2D eigenvalue weighted by Gasteiger charge is 2.09. The summed E-state index contributed by atoms with van der Waals surface area (Å²) in [6.45, 7) is 12.1. The molecular formula is C11H24O. The van der Waals surface area contributed by atoms with Crippen LogP contribution in [0.3, 0.4) is 0 Å². The zero-order valence-electron chi connectivity index (χ0n) is 9.48. The van der Waals surface area contributed by atoms with Gasteiger partial charge in [-0.1, -0.05) is 54.4 Å². The number of hydrogen-bond acceptors (Lipinski definition) is 1. The molecule has 0 bridgehead atoms. The summed E-state index contributed by atoms with van der Waals surface area (Å²) in [4.78, 5) is 10.8. The summed E-state index contributed by atoms with van der Waals surface area (Å²) in [5.41, 5.74) is 0. The van der Waals surface area contributed by atoms with Gasteiger partial charge in [0.25, 0.3) is 0 Å². The maximum Gasteiger partial charge on any atom is 0.137 e. The molecule has 0 saturated carbocycles. The molecule has 0 amide bonds. The van der Waals surface area contributed by atoms with Gasteiger partial charge in [-0.05, 0) is 0 Å². The van der Waals surface area contributed by atoms with Crippen LogP contribution in [0.2, 0.25) is 0 Å². The molecule has 0 spiro atoms. The molecule has 12 heavy (non-hydrogen) atoms. The van der Waals surface area contributed by atoms with Gasteiger partial charge in [-0.2, -0.15) is 0 Å². The van der Waals surface area contributed by atoms with E-state index >= 15 is 0 Å². The molecule has 0 aliphatic rings. The fourth-order valence-electron chi connectivity index (χ4n) is 0.667. The van der Waals surface area contributed by atoms with Gasteiger partial charge >= 0.3 is 0 Å². The van der Waals surface area contributed by atoms with Gasteiger partial charge in [0, 0.05) is 11.8 Å². The Bertz CT molecular complexity index is 91.6. The van der Waals surface area contributed by atoms with Gasteiger partial charge in [0.1, 0.15) is 5.78 Å². The van der Waals surface area contributed by atoms with E-state index < -0.39 is 0 Å². The Morgan fingerprint density at radius 2 is 1.17 bits per heavy atom. The minimum absolute atomic E-state index is 0.204. The normalized spacial score (nSPS) is 9.67. The third kappa shape index (κ3) is 9.67. The van der Waals surface area contributed by atoms with Crippen LogP contribution in [-0.4, -0.2) is 5.78 Å². The second kappa shape index (κ2) is 8.76. The molecule has 0 aromatic rings. The monoisotopic (exact) mass is 172 g/mol. The number of carbonyl (C=O) groups is 1. The van der Waals surface area contributed by atoms with Gasteiger partial charge in [-0.25, -0.2) is 0 Å². The highest BCUT2D eigenvalue weighted by atomic mass is 16.1. The number of hydrogen-bond donors (Lipinski definition) is 0. The Hall–Kier alpha value is -0.330. The van der Waals surface area contributed by atoms with Crippen LogP contribution in [0.15, 0.2) is 0 Å². The van der Waals surface area contributed by atoms with E-state index in [0.717, 1.165) is 0 Å². The van der Waals surface area contributed by atoms with Gasteiger partial charge in [0.15, 0.2) is 0 Å². The van der Waals surface area contributed by atoms with E-state index in [-0.39, 0.29) is 11.8 Å². The molecule has 0 unspecified atom stereocenters. The molecule has 0 atom stereocenters. The zero-order chi connectivity index (χ0) is 10.1. The van der Waals surface area contributed by atoms with Crippen molar-refractivity contribution >= 4 is 5.78 Å². The van der Waals surface area contributed by atoms with Crippen molar-refractivity contribution in [1.82, 2.24) is 0 Å². The van der Waals surface area contributed by atoms with Gasteiger partial charge in [0.2, 0.25) is 0 Å². The Morgan fingerprint density at radius 1 is 0.917 bits per heavy atom. The third-order valence-corrected chi connectivity index (χ3v) is 1.64. The van der Waals surface area contributed by atoms with Crippen LogP contribution in [0.25, 0.3) is 0 Å². The lowest BCUT2D eigenvalue weighted by Crippen LogP contribution is -2.13. The molecule has 0 fully saturated rings. The minimum atomic E-state index is 0.204. The van der Waals surface area contributed by atoms with E-state index in [9.17, 15) is 4.79 Å². The largest absolute Gasteiger partial charge is 0.299 e. The summed E-state index contributed by atoms with van der Waals surface area (Å²) in [6, 6.07) is 0. The smallest absolute Gasteiger partial charge is 0.137 e. The molecule has 0 aliphatic carbocycles. The van der Waals surface area contributed by atoms with Crippen LogP contribution in [0.5, 0.6) is 0 Å². The first kappa shape index (κ1) is 14.2. The molecule has 1 nitrogen and oxygen atoms in total. The lowest BCUT2D eigenvalue weighted by Gasteiger charge is -2.05. The van der Waals surface area contributed by atoms with Crippen LogP contribution in [0.1, 0.15) is 54.4 Å². The number of Topliss-reactive ketones (excluding diaryl/α,β-unsaturated/α-hetero) is 1. The number of ketones is 1. The van der Waals surface area contributed by atoms with Crippen molar-refractivity contribution in [2.24, 2.45) is 11.8 Å². The van der Waals surface area contributed by atoms with Gasteiger partial charge in [0.05, 0.1) is 0 Å². The van der Waals surface area contributed by atoms with Crippen molar-refractivity contribution in [3.8, 4) is 0 Å². The Labute approximate surface area is 77.6 Å². The first-order valence-corrected chi connectivity index (χ1v) is 5.01. The van der Waals surface area contributed by atoms with Crippen molar-refractivity contribution in [2.45, 2.75) is 54.4 Å². The quantitative estimate of drug-likeness (QED) is 0.634. The molecule has 0 heterocycles. The van der Waals surface area contributed by atoms with Crippen molar-refractivity contribution in [3.63, 3.8) is 0 Å². The molecular weight excluding hydrogens is 148 g/mol. The summed E-state index contributed by atoms with van der Waals surface area (Å²) in [6.07, 6.45) is 2.64. The summed E-state index contributed by atoms with van der Waals surface area (Å²) >= 11 is 0. The first-order valence-electron chi connectivity index (χ1n) is 5.01. The number of rotatable bonds is 3. The molecule has 0 radical (unpaired) electrons. The molecule has 0 saturated heterocycles. The van der Waals surface area contributed by atoms with E-state index in [1.54, 1.807) is 0 Å². The summed E-state index contributed by atoms with van der Waals surface area (Å²) in [5.74, 6) is 0.759. The fourth-order valence-corrected chi connectivity index (χ4v) is 0.667. The maximum absolute atomic E-state index is 10.8. The van der Waals surface area contributed by atoms with E-state index in [1.807, 2.05) is 27.7 Å². The molecule has 0 aromatic heterocycles. The predicted octanol–water partition coefficient (Wildman–Crippen LogP) is 3.67. The van der Waals surface area contributed by atoms with Crippen LogP contribution < -0.4 is 0 Å². The molecule has 0 aromatic carbocycles. The van der Waals surface area contributed by atoms with E-state index in [4.69, 9.17) is 0 Å². The maximum atomic E-state index is 10.8. The highest BCUT2D eigenvalue weighted by Crippen LogP contribution is 2.03. The Kier molecular flexibility index (Phi) is 10.4. The number of unbranched alkanes of at least 4 members (excludes halogenated alkanes) is 1. The van der Waals surface area contributed by atoms with Crippen LogP contribution in [0.4, 0.5) is 0 Å². The van der Waals surface area contributed by atoms with Gasteiger partial charge < -0.3 is 0 Å². The fraction of sp³-hybridized carbons (Fsp3) is 0.909. The second-order valence-corrected chi connectivity index (χ2v) is 3.71. The first-order chi connectivity index (χ1) is 5.47. The summed E-state index contributed by atoms with van der Waals surface area (Å²) in [7, 11) is 0. The Morgan fingerprint density at radius 3 is 1.17 bits per heavy atom. The molecule has 74 valence electrons. The topological polar surface area (TPSA) is 17.1 Å². The average molecular weight is 172 g/mol. The molecule has 0 rings (SSSR count). The molecule has 1 heteroatoms. The van der Waals surface area contributed by atoms with Crippen LogP contribution >= 0.6 is 0 Å². The predicted molar refractivity (Wildman–Crippen MR) is 55.3 cm³/mol. The second-order valence-electron chi connectivity index (χ2n) is 3.71. The number of carbonyl (C=O) groups excluding carboxylic acids is 1. The highest BCUT2D eigenvalue weighted by molar-refractivity contribution is 5.81. The average Bonchev–Trinajstić information content (AvgIpc) is 2.03. The van der Waals surface area contributed by atoms with E-state index in [1.165, 1.54) is 12.8 Å². The Balaban J connectivity index is 0. The van der Waals surface area contributed by atoms with Gasteiger partial charge in [-0.15, -0.1) is 0 Å². The van der Waals surface area contributed by atoms with Crippen molar-refractivity contribution in [2.75, 3.05) is 0 Å².